The molecule has 0 aliphatic rings. The van der Waals surface area contributed by atoms with Crippen molar-refractivity contribution in [2.75, 3.05) is 16.5 Å². The molecule has 0 spiro atoms. The highest BCUT2D eigenvalue weighted by Gasteiger charge is 2.04. The first-order valence-electron chi connectivity index (χ1n) is 4.81. The van der Waals surface area contributed by atoms with Gasteiger partial charge >= 0.3 is 0 Å². The summed E-state index contributed by atoms with van der Waals surface area (Å²) in [5, 5.41) is 6.63. The van der Waals surface area contributed by atoms with Crippen molar-refractivity contribution in [3.05, 3.63) is 17.8 Å². The Morgan fingerprint density at radius 3 is 2.71 bits per heavy atom. The lowest BCUT2D eigenvalue weighted by atomic mass is 10.5. The monoisotopic (exact) mass is 236 g/mol. The van der Waals surface area contributed by atoms with E-state index in [-0.39, 0.29) is 5.95 Å². The predicted octanol–water partition coefficient (Wildman–Crippen LogP) is -0.352. The molecule has 2 rings (SSSR count). The van der Waals surface area contributed by atoms with Crippen LogP contribution in [0, 0.1) is 6.92 Å². The van der Waals surface area contributed by atoms with Gasteiger partial charge in [0.15, 0.2) is 5.82 Å². The number of hydrogen-bond acceptors (Lipinski definition) is 9. The molecule has 90 valence electrons. The van der Waals surface area contributed by atoms with Gasteiger partial charge in [-0.25, -0.2) is 5.84 Å². The molecule has 2 aromatic rings. The van der Waals surface area contributed by atoms with Crippen LogP contribution in [0.3, 0.4) is 0 Å². The average Bonchev–Trinajstić information content (AvgIpc) is 2.72. The van der Waals surface area contributed by atoms with Crippen molar-refractivity contribution in [1.29, 1.82) is 0 Å². The van der Waals surface area contributed by atoms with Gasteiger partial charge < -0.3 is 21.0 Å². The lowest BCUT2D eigenvalue weighted by Crippen LogP contribution is -2.12. The van der Waals surface area contributed by atoms with E-state index in [0.29, 0.717) is 29.9 Å². The normalized spacial score (nSPS) is 10.2. The molecular weight excluding hydrogens is 224 g/mol. The fraction of sp³-hybridized carbons (Fsp3) is 0.250. The molecular formula is C8H12N8O. The second-order valence-corrected chi connectivity index (χ2v) is 3.23. The van der Waals surface area contributed by atoms with Gasteiger partial charge in [0.25, 0.3) is 0 Å². The number of nitrogens with one attached hydrogen (secondary N) is 2. The van der Waals surface area contributed by atoms with Crippen LogP contribution in [-0.4, -0.2) is 20.1 Å². The van der Waals surface area contributed by atoms with Gasteiger partial charge in [0.05, 0.1) is 6.54 Å². The van der Waals surface area contributed by atoms with Crippen molar-refractivity contribution < 1.29 is 4.52 Å². The van der Waals surface area contributed by atoms with E-state index in [9.17, 15) is 0 Å². The van der Waals surface area contributed by atoms with Gasteiger partial charge in [-0.15, -0.1) is 0 Å². The molecule has 0 bridgehead atoms. The fourth-order valence-electron chi connectivity index (χ4n) is 1.21. The van der Waals surface area contributed by atoms with Crippen LogP contribution in [0.1, 0.15) is 11.7 Å². The Morgan fingerprint density at radius 2 is 2.06 bits per heavy atom. The Morgan fingerprint density at radius 1 is 1.29 bits per heavy atom. The molecule has 0 atom stereocenters. The fourth-order valence-corrected chi connectivity index (χ4v) is 1.21. The Bertz CT molecular complexity index is 510. The van der Waals surface area contributed by atoms with Crippen LogP contribution >= 0.6 is 0 Å². The first-order valence-corrected chi connectivity index (χ1v) is 4.81. The zero-order valence-electron chi connectivity index (χ0n) is 9.14. The highest BCUT2D eigenvalue weighted by molar-refractivity contribution is 5.50. The third-order valence-corrected chi connectivity index (χ3v) is 1.88. The lowest BCUT2D eigenvalue weighted by molar-refractivity contribution is 0.379. The van der Waals surface area contributed by atoms with E-state index in [0.717, 1.165) is 0 Å². The van der Waals surface area contributed by atoms with Crippen molar-refractivity contribution in [3.63, 3.8) is 0 Å². The zero-order chi connectivity index (χ0) is 12.3. The van der Waals surface area contributed by atoms with Crippen LogP contribution in [0.15, 0.2) is 10.6 Å². The lowest BCUT2D eigenvalue weighted by Gasteiger charge is -2.05. The summed E-state index contributed by atoms with van der Waals surface area (Å²) in [6.45, 7) is 2.09. The van der Waals surface area contributed by atoms with Gasteiger partial charge in [-0.3, -0.25) is 0 Å². The maximum atomic E-state index is 5.50. The zero-order valence-corrected chi connectivity index (χ0v) is 9.14. The van der Waals surface area contributed by atoms with Gasteiger partial charge in [0, 0.05) is 6.07 Å². The van der Waals surface area contributed by atoms with E-state index >= 15 is 0 Å². The number of nitrogens with two attached hydrogens (primary N) is 2. The highest BCUT2D eigenvalue weighted by atomic mass is 16.5. The first-order chi connectivity index (χ1) is 8.17. The van der Waals surface area contributed by atoms with Gasteiger partial charge in [-0.1, -0.05) is 5.16 Å². The van der Waals surface area contributed by atoms with Crippen LogP contribution < -0.4 is 22.3 Å². The molecule has 0 radical (unpaired) electrons. The number of anilines is 3. The SMILES string of the molecule is Cc1noc(CNc2cc(NN)nc(N)n2)n1. The van der Waals surface area contributed by atoms with Crippen LogP contribution in [0.2, 0.25) is 0 Å². The van der Waals surface area contributed by atoms with E-state index in [2.05, 4.69) is 30.9 Å². The molecule has 2 aromatic heterocycles. The van der Waals surface area contributed by atoms with Crippen molar-refractivity contribution in [3.8, 4) is 0 Å². The molecule has 0 amide bonds. The minimum atomic E-state index is 0.115. The van der Waals surface area contributed by atoms with Crippen LogP contribution in [0.5, 0.6) is 0 Å². The first kappa shape index (κ1) is 11.1. The standard InChI is InChI=1S/C8H12N8O/c1-4-12-7(17-16-4)3-11-5-2-6(15-10)14-8(9)13-5/h2H,3,10H2,1H3,(H4,9,11,13,14,15). The number of rotatable bonds is 4. The number of aryl methyl sites for hydroxylation is 1. The summed E-state index contributed by atoms with van der Waals surface area (Å²) >= 11 is 0. The van der Waals surface area contributed by atoms with Crippen LogP contribution in [-0.2, 0) is 6.54 Å². The minimum absolute atomic E-state index is 0.115. The molecule has 0 fully saturated rings. The van der Waals surface area contributed by atoms with Gasteiger partial charge in [0.2, 0.25) is 11.8 Å². The third-order valence-electron chi connectivity index (χ3n) is 1.88. The van der Waals surface area contributed by atoms with Crippen molar-refractivity contribution in [2.24, 2.45) is 5.84 Å². The average molecular weight is 236 g/mol. The number of nitrogens with zero attached hydrogens (tertiary/aromatic N) is 4. The molecule has 6 N–H and O–H groups in total. The molecule has 0 aliphatic heterocycles. The summed E-state index contributed by atoms with van der Waals surface area (Å²) < 4.78 is 4.93. The molecule has 9 nitrogen and oxygen atoms in total. The van der Waals surface area contributed by atoms with E-state index in [1.165, 1.54) is 0 Å². The molecule has 17 heavy (non-hydrogen) atoms. The number of aromatic nitrogens is 4. The topological polar surface area (TPSA) is 141 Å². The maximum absolute atomic E-state index is 5.50. The molecule has 0 unspecified atom stereocenters. The van der Waals surface area contributed by atoms with E-state index in [4.69, 9.17) is 16.1 Å². The third kappa shape index (κ3) is 2.78. The van der Waals surface area contributed by atoms with Crippen molar-refractivity contribution in [2.45, 2.75) is 13.5 Å². The summed E-state index contributed by atoms with van der Waals surface area (Å²) in [7, 11) is 0. The summed E-state index contributed by atoms with van der Waals surface area (Å²) in [6.07, 6.45) is 0. The molecule has 0 aliphatic carbocycles. The predicted molar refractivity (Wildman–Crippen MR) is 60.6 cm³/mol. The second kappa shape index (κ2) is 4.61. The summed E-state index contributed by atoms with van der Waals surface area (Å²) in [5.41, 5.74) is 7.89. The maximum Gasteiger partial charge on any atom is 0.245 e. The van der Waals surface area contributed by atoms with Crippen molar-refractivity contribution >= 4 is 17.6 Å². The molecule has 0 saturated carbocycles. The van der Waals surface area contributed by atoms with Gasteiger partial charge in [-0.05, 0) is 6.92 Å². The number of nitrogen functional groups attached to an aromatic ring is 2. The van der Waals surface area contributed by atoms with E-state index < -0.39 is 0 Å². The molecule has 2 heterocycles. The van der Waals surface area contributed by atoms with Crippen LogP contribution in [0.4, 0.5) is 17.6 Å². The minimum Gasteiger partial charge on any atom is -0.368 e. The molecule has 0 aromatic carbocycles. The van der Waals surface area contributed by atoms with Gasteiger partial charge in [-0.2, -0.15) is 15.0 Å². The summed E-state index contributed by atoms with van der Waals surface area (Å²) in [5.74, 6) is 7.32. The van der Waals surface area contributed by atoms with Crippen LogP contribution in [0.25, 0.3) is 0 Å². The Hall–Kier alpha value is -2.42. The van der Waals surface area contributed by atoms with E-state index in [1.807, 2.05) is 0 Å². The Balaban J connectivity index is 2.05. The quantitative estimate of drug-likeness (QED) is 0.413. The van der Waals surface area contributed by atoms with E-state index in [1.54, 1.807) is 13.0 Å². The second-order valence-electron chi connectivity index (χ2n) is 3.23. The van der Waals surface area contributed by atoms with Gasteiger partial charge in [0.1, 0.15) is 11.6 Å². The Labute approximate surface area is 96.6 Å². The number of hydrazine groups is 1. The smallest absolute Gasteiger partial charge is 0.245 e. The Kier molecular flexibility index (Phi) is 3.01. The molecule has 9 heteroatoms. The molecule has 0 saturated heterocycles. The largest absolute Gasteiger partial charge is 0.368 e. The van der Waals surface area contributed by atoms with Crippen molar-refractivity contribution in [1.82, 2.24) is 20.1 Å². The number of hydrogen-bond donors (Lipinski definition) is 4. The summed E-state index contributed by atoms with van der Waals surface area (Å²) in [6, 6.07) is 1.61. The summed E-state index contributed by atoms with van der Waals surface area (Å²) in [4.78, 5) is 11.9. The highest BCUT2D eigenvalue weighted by Crippen LogP contribution is 2.12.